The Labute approximate surface area is 93.3 Å². The number of carbonyl (C=O) groups is 1. The summed E-state index contributed by atoms with van der Waals surface area (Å²) in [6.07, 6.45) is 2.80. The first kappa shape index (κ1) is 14.2. The van der Waals surface area contributed by atoms with Crippen molar-refractivity contribution in [1.29, 1.82) is 0 Å². The normalized spacial score (nSPS) is 12.9. The minimum atomic E-state index is -0.323. The Balaban J connectivity index is 4.12. The van der Waals surface area contributed by atoms with E-state index in [1.54, 1.807) is 6.92 Å². The third-order valence-electron chi connectivity index (χ3n) is 2.55. The van der Waals surface area contributed by atoms with Crippen molar-refractivity contribution in [3.8, 4) is 0 Å². The van der Waals surface area contributed by atoms with Crippen molar-refractivity contribution in [2.24, 2.45) is 5.73 Å². The van der Waals surface area contributed by atoms with E-state index in [0.717, 1.165) is 13.0 Å². The number of nitrogens with two attached hydrogens (primary N) is 1. The van der Waals surface area contributed by atoms with E-state index in [2.05, 4.69) is 32.6 Å². The summed E-state index contributed by atoms with van der Waals surface area (Å²) in [6.45, 7) is 11.5. The fraction of sp³-hybridized carbons (Fsp3) is 0.750. The van der Waals surface area contributed by atoms with E-state index in [9.17, 15) is 4.79 Å². The summed E-state index contributed by atoms with van der Waals surface area (Å²) < 4.78 is 0. The molecule has 1 amide bonds. The van der Waals surface area contributed by atoms with Gasteiger partial charge in [-0.25, -0.2) is 0 Å². The Kier molecular flexibility index (Phi) is 6.25. The van der Waals surface area contributed by atoms with E-state index in [4.69, 9.17) is 5.73 Å². The number of nitrogens with zero attached hydrogens (tertiary/aromatic N) is 1. The van der Waals surface area contributed by atoms with Crippen molar-refractivity contribution in [2.75, 3.05) is 6.54 Å². The molecule has 3 nitrogen and oxygen atoms in total. The van der Waals surface area contributed by atoms with Crippen LogP contribution in [-0.2, 0) is 4.79 Å². The molecule has 88 valence electrons. The predicted octanol–water partition coefficient (Wildman–Crippen LogP) is 1.93. The second kappa shape index (κ2) is 6.62. The zero-order valence-corrected chi connectivity index (χ0v) is 10.6. The van der Waals surface area contributed by atoms with E-state index in [1.165, 1.54) is 0 Å². The average molecular weight is 212 g/mol. The first-order valence-corrected chi connectivity index (χ1v) is 5.58. The van der Waals surface area contributed by atoms with Crippen molar-refractivity contribution >= 4 is 5.91 Å². The largest absolute Gasteiger partial charge is 0.366 e. The fourth-order valence-electron chi connectivity index (χ4n) is 1.64. The molecule has 0 aliphatic heterocycles. The van der Waals surface area contributed by atoms with Crippen LogP contribution in [0.25, 0.3) is 0 Å². The van der Waals surface area contributed by atoms with Gasteiger partial charge in [-0.15, -0.1) is 0 Å². The lowest BCUT2D eigenvalue weighted by atomic mass is 10.2. The third-order valence-corrected chi connectivity index (χ3v) is 2.55. The van der Waals surface area contributed by atoms with Crippen LogP contribution in [-0.4, -0.2) is 29.4 Å². The summed E-state index contributed by atoms with van der Waals surface area (Å²) in [7, 11) is 0. The molecule has 0 saturated heterocycles. The Morgan fingerprint density at radius 1 is 1.27 bits per heavy atom. The van der Waals surface area contributed by atoms with Gasteiger partial charge in [0.1, 0.15) is 0 Å². The molecule has 0 aliphatic carbocycles. The maximum absolute atomic E-state index is 10.8. The van der Waals surface area contributed by atoms with Crippen LogP contribution in [0.15, 0.2) is 11.6 Å². The van der Waals surface area contributed by atoms with E-state index in [1.807, 2.05) is 6.08 Å². The molecule has 0 spiro atoms. The molecule has 0 atom stereocenters. The van der Waals surface area contributed by atoms with E-state index in [-0.39, 0.29) is 5.91 Å². The molecule has 0 aliphatic rings. The lowest BCUT2D eigenvalue weighted by Crippen LogP contribution is -2.37. The summed E-state index contributed by atoms with van der Waals surface area (Å²) in [5.41, 5.74) is 5.81. The van der Waals surface area contributed by atoms with Gasteiger partial charge >= 0.3 is 0 Å². The highest BCUT2D eigenvalue weighted by molar-refractivity contribution is 5.91. The highest BCUT2D eigenvalue weighted by Gasteiger charge is 2.11. The highest BCUT2D eigenvalue weighted by atomic mass is 16.1. The van der Waals surface area contributed by atoms with E-state index in [0.29, 0.717) is 17.7 Å². The SMILES string of the molecule is CC(=CCCN(C(C)C)C(C)C)C(N)=O. The standard InChI is InChI=1S/C12H24N2O/c1-9(2)14(10(3)4)8-6-7-11(5)12(13)15/h7,9-10H,6,8H2,1-5H3,(H2,13,15). The molecule has 0 bridgehead atoms. The summed E-state index contributed by atoms with van der Waals surface area (Å²) in [4.78, 5) is 13.2. The molecule has 0 unspecified atom stereocenters. The molecule has 15 heavy (non-hydrogen) atoms. The average Bonchev–Trinajstić information content (AvgIpc) is 2.10. The van der Waals surface area contributed by atoms with Crippen LogP contribution in [0.2, 0.25) is 0 Å². The minimum Gasteiger partial charge on any atom is -0.366 e. The lowest BCUT2D eigenvalue weighted by molar-refractivity contribution is -0.114. The van der Waals surface area contributed by atoms with Crippen LogP contribution in [0.1, 0.15) is 41.0 Å². The summed E-state index contributed by atoms with van der Waals surface area (Å²) >= 11 is 0. The summed E-state index contributed by atoms with van der Waals surface area (Å²) in [6, 6.07) is 1.07. The van der Waals surface area contributed by atoms with Crippen LogP contribution in [0, 0.1) is 0 Å². The minimum absolute atomic E-state index is 0.323. The number of primary amides is 1. The van der Waals surface area contributed by atoms with Crippen LogP contribution in [0.3, 0.4) is 0 Å². The summed E-state index contributed by atoms with van der Waals surface area (Å²) in [5.74, 6) is -0.323. The zero-order valence-electron chi connectivity index (χ0n) is 10.6. The topological polar surface area (TPSA) is 46.3 Å². The fourth-order valence-corrected chi connectivity index (χ4v) is 1.64. The van der Waals surface area contributed by atoms with Gasteiger partial charge in [0, 0.05) is 24.2 Å². The van der Waals surface area contributed by atoms with Crippen molar-refractivity contribution < 1.29 is 4.79 Å². The Morgan fingerprint density at radius 3 is 2.07 bits per heavy atom. The molecule has 0 rings (SSSR count). The molecule has 0 radical (unpaired) electrons. The van der Waals surface area contributed by atoms with Gasteiger partial charge in [-0.1, -0.05) is 6.08 Å². The molecular weight excluding hydrogens is 188 g/mol. The third kappa shape index (κ3) is 5.57. The molecular formula is C12H24N2O. The Bertz CT molecular complexity index is 224. The number of rotatable bonds is 6. The van der Waals surface area contributed by atoms with Crippen LogP contribution in [0.4, 0.5) is 0 Å². The number of carbonyl (C=O) groups excluding carboxylic acids is 1. The lowest BCUT2D eigenvalue weighted by Gasteiger charge is -2.30. The first-order chi connectivity index (χ1) is 6.86. The van der Waals surface area contributed by atoms with Gasteiger partial charge in [0.15, 0.2) is 0 Å². The van der Waals surface area contributed by atoms with Gasteiger partial charge in [-0.3, -0.25) is 9.69 Å². The maximum atomic E-state index is 10.8. The molecule has 0 heterocycles. The van der Waals surface area contributed by atoms with Crippen LogP contribution < -0.4 is 5.73 Å². The van der Waals surface area contributed by atoms with Gasteiger partial charge in [-0.05, 0) is 41.0 Å². The van der Waals surface area contributed by atoms with Crippen LogP contribution >= 0.6 is 0 Å². The zero-order chi connectivity index (χ0) is 12.0. The van der Waals surface area contributed by atoms with Gasteiger partial charge in [-0.2, -0.15) is 0 Å². The van der Waals surface area contributed by atoms with E-state index < -0.39 is 0 Å². The molecule has 3 heteroatoms. The second-order valence-electron chi connectivity index (χ2n) is 4.47. The molecule has 0 aromatic heterocycles. The first-order valence-electron chi connectivity index (χ1n) is 5.58. The van der Waals surface area contributed by atoms with Crippen molar-refractivity contribution in [3.63, 3.8) is 0 Å². The van der Waals surface area contributed by atoms with Gasteiger partial charge in [0.2, 0.25) is 5.91 Å². The smallest absolute Gasteiger partial charge is 0.244 e. The Hall–Kier alpha value is -0.830. The number of hydrogen-bond acceptors (Lipinski definition) is 2. The van der Waals surface area contributed by atoms with E-state index >= 15 is 0 Å². The highest BCUT2D eigenvalue weighted by Crippen LogP contribution is 2.06. The quantitative estimate of drug-likeness (QED) is 0.684. The predicted molar refractivity (Wildman–Crippen MR) is 64.5 cm³/mol. The molecule has 0 saturated carbocycles. The molecule has 0 aromatic rings. The monoisotopic (exact) mass is 212 g/mol. The van der Waals surface area contributed by atoms with Crippen molar-refractivity contribution in [3.05, 3.63) is 11.6 Å². The molecule has 0 fully saturated rings. The van der Waals surface area contributed by atoms with Crippen molar-refractivity contribution in [2.45, 2.75) is 53.1 Å². The molecule has 0 aromatic carbocycles. The number of hydrogen-bond donors (Lipinski definition) is 1. The molecule has 2 N–H and O–H groups in total. The number of amides is 1. The second-order valence-corrected chi connectivity index (χ2v) is 4.47. The maximum Gasteiger partial charge on any atom is 0.244 e. The van der Waals surface area contributed by atoms with Gasteiger partial charge < -0.3 is 5.73 Å². The van der Waals surface area contributed by atoms with Crippen LogP contribution in [0.5, 0.6) is 0 Å². The van der Waals surface area contributed by atoms with Gasteiger partial charge in [0.25, 0.3) is 0 Å². The van der Waals surface area contributed by atoms with Gasteiger partial charge in [0.05, 0.1) is 0 Å². The van der Waals surface area contributed by atoms with Crippen molar-refractivity contribution in [1.82, 2.24) is 4.90 Å². The Morgan fingerprint density at radius 2 is 1.73 bits per heavy atom. The summed E-state index contributed by atoms with van der Waals surface area (Å²) in [5, 5.41) is 0.